The fraction of sp³-hybridized carbons (Fsp3) is 0.333. The molecule has 1 aromatic heterocycles. The standard InChI is InChI=1S/C18H19ClN4O/c1-13-14(11-20)18(21-12-15(13)19)23-9-7-22(8-10-23)16-5-3-4-6-17(16)24-2/h3-6,12H,7-10H2,1-2H3. The fourth-order valence-electron chi connectivity index (χ4n) is 2.99. The van der Waals surface area contributed by atoms with E-state index >= 15 is 0 Å². The average molecular weight is 343 g/mol. The molecule has 0 amide bonds. The lowest BCUT2D eigenvalue weighted by molar-refractivity contribution is 0.413. The summed E-state index contributed by atoms with van der Waals surface area (Å²) in [6, 6.07) is 10.3. The summed E-state index contributed by atoms with van der Waals surface area (Å²) in [5, 5.41) is 9.98. The fourth-order valence-corrected chi connectivity index (χ4v) is 3.13. The molecule has 0 radical (unpaired) electrons. The average Bonchev–Trinajstić information content (AvgIpc) is 2.64. The number of hydrogen-bond donors (Lipinski definition) is 0. The molecule has 0 N–H and O–H groups in total. The Morgan fingerprint density at radius 1 is 1.17 bits per heavy atom. The molecule has 2 heterocycles. The zero-order chi connectivity index (χ0) is 17.1. The number of para-hydroxylation sites is 2. The molecule has 1 fully saturated rings. The molecule has 0 bridgehead atoms. The number of nitrogens with zero attached hydrogens (tertiary/aromatic N) is 4. The van der Waals surface area contributed by atoms with Crippen molar-refractivity contribution in [2.45, 2.75) is 6.92 Å². The summed E-state index contributed by atoms with van der Waals surface area (Å²) < 4.78 is 5.45. The van der Waals surface area contributed by atoms with Crippen LogP contribution < -0.4 is 14.5 Å². The SMILES string of the molecule is COc1ccccc1N1CCN(c2ncc(Cl)c(C)c2C#N)CC1. The van der Waals surface area contributed by atoms with Gasteiger partial charge < -0.3 is 14.5 Å². The van der Waals surface area contributed by atoms with Crippen molar-refractivity contribution < 1.29 is 4.74 Å². The molecule has 1 aliphatic heterocycles. The molecule has 2 aromatic rings. The van der Waals surface area contributed by atoms with Crippen LogP contribution in [0.4, 0.5) is 11.5 Å². The number of nitriles is 1. The van der Waals surface area contributed by atoms with Gasteiger partial charge in [-0.2, -0.15) is 5.26 Å². The summed E-state index contributed by atoms with van der Waals surface area (Å²) in [6.07, 6.45) is 1.62. The minimum absolute atomic E-state index is 0.531. The van der Waals surface area contributed by atoms with Crippen LogP contribution in [0.3, 0.4) is 0 Å². The molecule has 1 aromatic carbocycles. The molecule has 0 unspecified atom stereocenters. The highest BCUT2D eigenvalue weighted by Gasteiger charge is 2.23. The second-order valence-electron chi connectivity index (χ2n) is 5.69. The summed E-state index contributed by atoms with van der Waals surface area (Å²) in [7, 11) is 1.69. The van der Waals surface area contributed by atoms with Crippen molar-refractivity contribution >= 4 is 23.1 Å². The van der Waals surface area contributed by atoms with Crippen LogP contribution in [0, 0.1) is 18.3 Å². The van der Waals surface area contributed by atoms with Crippen molar-refractivity contribution in [1.29, 1.82) is 5.26 Å². The smallest absolute Gasteiger partial charge is 0.146 e. The molecule has 0 atom stereocenters. The van der Waals surface area contributed by atoms with Gasteiger partial charge in [0.2, 0.25) is 0 Å². The zero-order valence-electron chi connectivity index (χ0n) is 13.8. The van der Waals surface area contributed by atoms with Gasteiger partial charge in [0, 0.05) is 32.4 Å². The van der Waals surface area contributed by atoms with Crippen LogP contribution >= 0.6 is 11.6 Å². The van der Waals surface area contributed by atoms with Crippen LogP contribution in [0.25, 0.3) is 0 Å². The summed E-state index contributed by atoms with van der Waals surface area (Å²) in [5.41, 5.74) is 2.45. The highest BCUT2D eigenvalue weighted by atomic mass is 35.5. The van der Waals surface area contributed by atoms with Gasteiger partial charge in [-0.15, -0.1) is 0 Å². The largest absolute Gasteiger partial charge is 0.495 e. The number of halogens is 1. The number of hydrogen-bond acceptors (Lipinski definition) is 5. The Morgan fingerprint density at radius 3 is 2.50 bits per heavy atom. The number of methoxy groups -OCH3 is 1. The van der Waals surface area contributed by atoms with Crippen LogP contribution in [0.1, 0.15) is 11.1 Å². The predicted molar refractivity (Wildman–Crippen MR) is 96.1 cm³/mol. The highest BCUT2D eigenvalue weighted by molar-refractivity contribution is 6.31. The van der Waals surface area contributed by atoms with Gasteiger partial charge in [-0.3, -0.25) is 0 Å². The van der Waals surface area contributed by atoms with Gasteiger partial charge in [0.25, 0.3) is 0 Å². The van der Waals surface area contributed by atoms with E-state index in [-0.39, 0.29) is 0 Å². The third-order valence-corrected chi connectivity index (χ3v) is 4.75. The summed E-state index contributed by atoms with van der Waals surface area (Å²) in [4.78, 5) is 8.84. The number of pyridine rings is 1. The van der Waals surface area contributed by atoms with Gasteiger partial charge in [-0.1, -0.05) is 23.7 Å². The van der Waals surface area contributed by atoms with Gasteiger partial charge in [-0.25, -0.2) is 4.98 Å². The number of aromatic nitrogens is 1. The van der Waals surface area contributed by atoms with Crippen LogP contribution in [-0.4, -0.2) is 38.3 Å². The molecule has 24 heavy (non-hydrogen) atoms. The Balaban J connectivity index is 1.79. The summed E-state index contributed by atoms with van der Waals surface area (Å²) >= 11 is 6.09. The van der Waals surface area contributed by atoms with Gasteiger partial charge in [0.15, 0.2) is 0 Å². The minimum atomic E-state index is 0.531. The van der Waals surface area contributed by atoms with Crippen molar-refractivity contribution in [3.8, 4) is 11.8 Å². The minimum Gasteiger partial charge on any atom is -0.495 e. The number of anilines is 2. The number of rotatable bonds is 3. The van der Waals surface area contributed by atoms with Crippen molar-refractivity contribution in [3.63, 3.8) is 0 Å². The first-order chi connectivity index (χ1) is 11.7. The Hall–Kier alpha value is -2.45. The van der Waals surface area contributed by atoms with Crippen LogP contribution in [0.5, 0.6) is 5.75 Å². The second kappa shape index (κ2) is 6.98. The normalized spacial score (nSPS) is 14.4. The molecular formula is C18H19ClN4O. The van der Waals surface area contributed by atoms with Crippen LogP contribution in [-0.2, 0) is 0 Å². The topological polar surface area (TPSA) is 52.4 Å². The first-order valence-corrected chi connectivity index (χ1v) is 8.21. The maximum atomic E-state index is 9.45. The molecule has 6 heteroatoms. The van der Waals surface area contributed by atoms with Gasteiger partial charge in [-0.05, 0) is 24.6 Å². The second-order valence-corrected chi connectivity index (χ2v) is 6.09. The van der Waals surface area contributed by atoms with E-state index in [2.05, 4.69) is 26.9 Å². The van der Waals surface area contributed by atoms with Crippen molar-refractivity contribution in [1.82, 2.24) is 4.98 Å². The van der Waals surface area contributed by atoms with Crippen molar-refractivity contribution in [2.75, 3.05) is 43.1 Å². The third-order valence-electron chi connectivity index (χ3n) is 4.37. The van der Waals surface area contributed by atoms with E-state index < -0.39 is 0 Å². The molecule has 0 aliphatic carbocycles. The maximum Gasteiger partial charge on any atom is 0.146 e. The number of benzene rings is 1. The maximum absolute atomic E-state index is 9.45. The quantitative estimate of drug-likeness (QED) is 0.857. The van der Waals surface area contributed by atoms with E-state index in [0.717, 1.165) is 49.0 Å². The first kappa shape index (κ1) is 16.4. The Kier molecular flexibility index (Phi) is 4.77. The number of ether oxygens (including phenoxy) is 1. The molecular weight excluding hydrogens is 324 g/mol. The Morgan fingerprint density at radius 2 is 1.83 bits per heavy atom. The lowest BCUT2D eigenvalue weighted by atomic mass is 10.1. The third kappa shape index (κ3) is 2.98. The summed E-state index contributed by atoms with van der Waals surface area (Å²) in [5.74, 6) is 1.60. The molecule has 5 nitrogen and oxygen atoms in total. The lowest BCUT2D eigenvalue weighted by Gasteiger charge is -2.37. The van der Waals surface area contributed by atoms with E-state index in [1.807, 2.05) is 25.1 Å². The molecule has 3 rings (SSSR count). The Labute approximate surface area is 147 Å². The van der Waals surface area contributed by atoms with E-state index in [0.29, 0.717) is 10.6 Å². The molecule has 1 aliphatic rings. The van der Waals surface area contributed by atoms with Crippen LogP contribution in [0.15, 0.2) is 30.5 Å². The van der Waals surface area contributed by atoms with E-state index in [4.69, 9.17) is 16.3 Å². The van der Waals surface area contributed by atoms with E-state index in [9.17, 15) is 5.26 Å². The zero-order valence-corrected chi connectivity index (χ0v) is 14.5. The molecule has 1 saturated heterocycles. The lowest BCUT2D eigenvalue weighted by Crippen LogP contribution is -2.47. The van der Waals surface area contributed by atoms with Gasteiger partial charge in [0.1, 0.15) is 17.6 Å². The Bertz CT molecular complexity index is 779. The van der Waals surface area contributed by atoms with Crippen LogP contribution in [0.2, 0.25) is 5.02 Å². The van der Waals surface area contributed by atoms with Gasteiger partial charge >= 0.3 is 0 Å². The first-order valence-electron chi connectivity index (χ1n) is 7.83. The molecule has 0 saturated carbocycles. The van der Waals surface area contributed by atoms with E-state index in [1.54, 1.807) is 13.3 Å². The molecule has 124 valence electrons. The highest BCUT2D eigenvalue weighted by Crippen LogP contribution is 2.30. The van der Waals surface area contributed by atoms with Gasteiger partial charge in [0.05, 0.1) is 23.4 Å². The van der Waals surface area contributed by atoms with E-state index in [1.165, 1.54) is 0 Å². The monoisotopic (exact) mass is 342 g/mol. The summed E-state index contributed by atoms with van der Waals surface area (Å²) in [6.45, 7) is 5.13. The van der Waals surface area contributed by atoms with Crippen molar-refractivity contribution in [3.05, 3.63) is 46.6 Å². The number of piperazine rings is 1. The predicted octanol–water partition coefficient (Wildman–Crippen LogP) is 3.25. The molecule has 0 spiro atoms. The van der Waals surface area contributed by atoms with Crippen molar-refractivity contribution in [2.24, 2.45) is 0 Å².